The van der Waals surface area contributed by atoms with Gasteiger partial charge >= 0.3 is 5.30 Å². The van der Waals surface area contributed by atoms with Crippen LogP contribution in [0.3, 0.4) is 0 Å². The van der Waals surface area contributed by atoms with Gasteiger partial charge in [-0.15, -0.1) is 0 Å². The fraction of sp³-hybridized carbons (Fsp3) is 0.222. The number of hydrogen-bond donors (Lipinski definition) is 0. The first-order chi connectivity index (χ1) is 7.15. The van der Waals surface area contributed by atoms with Gasteiger partial charge in [-0.3, -0.25) is 10.1 Å². The van der Waals surface area contributed by atoms with E-state index < -0.39 is 10.2 Å². The van der Waals surface area contributed by atoms with Crippen molar-refractivity contribution in [1.29, 1.82) is 0 Å². The fourth-order valence-corrected chi connectivity index (χ4v) is 1.18. The van der Waals surface area contributed by atoms with Gasteiger partial charge in [0, 0.05) is 6.07 Å². The molecule has 5 nitrogen and oxygen atoms in total. The number of thioether (sulfide) groups is 1. The molecule has 0 radical (unpaired) electrons. The van der Waals surface area contributed by atoms with Crippen molar-refractivity contribution in [2.24, 2.45) is 0 Å². The predicted molar refractivity (Wildman–Crippen MR) is 56.8 cm³/mol. The van der Waals surface area contributed by atoms with Gasteiger partial charge in [-0.1, -0.05) is 12.1 Å². The zero-order chi connectivity index (χ0) is 11.3. The van der Waals surface area contributed by atoms with E-state index in [9.17, 15) is 14.9 Å². The number of hydrogen-bond acceptors (Lipinski definition) is 5. The molecule has 0 aliphatic heterocycles. The lowest BCUT2D eigenvalue weighted by atomic mass is 10.2. The first-order valence-corrected chi connectivity index (χ1v) is 5.30. The number of ether oxygens (including phenoxy) is 1. The number of nitro benzene ring substituents is 1. The van der Waals surface area contributed by atoms with Gasteiger partial charge < -0.3 is 4.74 Å². The van der Waals surface area contributed by atoms with Gasteiger partial charge in [-0.05, 0) is 24.1 Å². The van der Waals surface area contributed by atoms with Crippen molar-refractivity contribution in [3.63, 3.8) is 0 Å². The summed E-state index contributed by atoms with van der Waals surface area (Å²) in [5, 5.41) is 10.1. The minimum Gasteiger partial charge on any atom is -0.452 e. The van der Waals surface area contributed by atoms with Crippen molar-refractivity contribution in [2.45, 2.75) is 6.61 Å². The van der Waals surface area contributed by atoms with Crippen LogP contribution in [-0.2, 0) is 11.3 Å². The summed E-state index contributed by atoms with van der Waals surface area (Å²) in [4.78, 5) is 20.9. The van der Waals surface area contributed by atoms with E-state index in [2.05, 4.69) is 0 Å². The second-order valence-electron chi connectivity index (χ2n) is 2.63. The first kappa shape index (κ1) is 11.5. The maximum absolute atomic E-state index is 10.8. The van der Waals surface area contributed by atoms with Crippen LogP contribution in [0.2, 0.25) is 0 Å². The average molecular weight is 227 g/mol. The third-order valence-corrected chi connectivity index (χ3v) is 2.15. The number of nitrogens with zero attached hydrogens (tertiary/aromatic N) is 1. The molecule has 0 saturated heterocycles. The normalized spacial score (nSPS) is 9.67. The Bertz CT molecular complexity index is 380. The Balaban J connectivity index is 2.76. The molecule has 0 bridgehead atoms. The number of carbonyl (C=O) groups excluding carboxylic acids is 1. The average Bonchev–Trinajstić information content (AvgIpc) is 2.26. The van der Waals surface area contributed by atoms with Gasteiger partial charge in [0.2, 0.25) is 0 Å². The Morgan fingerprint density at radius 2 is 2.20 bits per heavy atom. The molecule has 0 spiro atoms. The molecule has 0 saturated carbocycles. The van der Waals surface area contributed by atoms with Crippen LogP contribution < -0.4 is 0 Å². The zero-order valence-corrected chi connectivity index (χ0v) is 8.82. The monoisotopic (exact) mass is 227 g/mol. The maximum Gasteiger partial charge on any atom is 0.367 e. The summed E-state index contributed by atoms with van der Waals surface area (Å²) < 4.78 is 4.79. The van der Waals surface area contributed by atoms with Crippen molar-refractivity contribution >= 4 is 22.8 Å². The third-order valence-electron chi connectivity index (χ3n) is 1.70. The van der Waals surface area contributed by atoms with Gasteiger partial charge in [0.1, 0.15) is 6.61 Å². The molecule has 1 rings (SSSR count). The molecular weight excluding hydrogens is 218 g/mol. The third kappa shape index (κ3) is 3.25. The van der Waals surface area contributed by atoms with Gasteiger partial charge in [0.05, 0.1) is 10.5 Å². The van der Waals surface area contributed by atoms with Gasteiger partial charge in [-0.2, -0.15) is 0 Å². The minimum absolute atomic E-state index is 0.0357. The second kappa shape index (κ2) is 5.35. The predicted octanol–water partition coefficient (Wildman–Crippen LogP) is 2.59. The van der Waals surface area contributed by atoms with Crippen molar-refractivity contribution in [3.05, 3.63) is 39.9 Å². The van der Waals surface area contributed by atoms with E-state index in [-0.39, 0.29) is 12.3 Å². The molecule has 1 aromatic carbocycles. The Morgan fingerprint density at radius 3 is 2.80 bits per heavy atom. The van der Waals surface area contributed by atoms with Crippen molar-refractivity contribution in [3.8, 4) is 0 Å². The van der Waals surface area contributed by atoms with Crippen molar-refractivity contribution in [2.75, 3.05) is 6.26 Å². The lowest BCUT2D eigenvalue weighted by molar-refractivity contribution is -0.385. The van der Waals surface area contributed by atoms with E-state index in [0.29, 0.717) is 5.56 Å². The molecule has 0 aliphatic rings. The van der Waals surface area contributed by atoms with E-state index in [1.807, 2.05) is 0 Å². The molecule has 6 heteroatoms. The number of nitro groups is 1. The highest BCUT2D eigenvalue weighted by Gasteiger charge is 2.13. The second-order valence-corrected chi connectivity index (χ2v) is 3.37. The summed E-state index contributed by atoms with van der Waals surface area (Å²) in [7, 11) is 0. The van der Waals surface area contributed by atoms with Crippen molar-refractivity contribution in [1.82, 2.24) is 0 Å². The van der Waals surface area contributed by atoms with E-state index in [1.54, 1.807) is 24.5 Å². The molecule has 0 aromatic heterocycles. The maximum atomic E-state index is 10.8. The molecule has 80 valence electrons. The Hall–Kier alpha value is -1.56. The first-order valence-electron chi connectivity index (χ1n) is 4.08. The SMILES string of the molecule is CSC(=O)OCc1ccccc1[N+](=O)[O-]. The summed E-state index contributed by atoms with van der Waals surface area (Å²) in [6.45, 7) is -0.0726. The molecule has 15 heavy (non-hydrogen) atoms. The lowest BCUT2D eigenvalue weighted by Gasteiger charge is -2.03. The van der Waals surface area contributed by atoms with Crippen LogP contribution in [0.5, 0.6) is 0 Å². The highest BCUT2D eigenvalue weighted by molar-refractivity contribution is 8.12. The molecule has 0 aliphatic carbocycles. The minimum atomic E-state index is -0.498. The fourth-order valence-electron chi connectivity index (χ4n) is 1.01. The lowest BCUT2D eigenvalue weighted by Crippen LogP contribution is -2.00. The molecule has 0 atom stereocenters. The van der Waals surface area contributed by atoms with E-state index in [1.165, 1.54) is 6.07 Å². The molecule has 0 amide bonds. The van der Waals surface area contributed by atoms with Crippen LogP contribution in [0.25, 0.3) is 0 Å². The number of benzene rings is 1. The summed E-state index contributed by atoms with van der Waals surface area (Å²) in [6, 6.07) is 6.17. The number of carbonyl (C=O) groups is 1. The Labute approximate surface area is 90.6 Å². The topological polar surface area (TPSA) is 69.4 Å². The molecular formula is C9H9NO4S. The van der Waals surface area contributed by atoms with Gasteiger partial charge in [-0.25, -0.2) is 4.79 Å². The zero-order valence-electron chi connectivity index (χ0n) is 8.00. The molecule has 1 aromatic rings. The molecule has 0 heterocycles. The van der Waals surface area contributed by atoms with E-state index in [0.717, 1.165) is 11.8 Å². The van der Waals surface area contributed by atoms with E-state index >= 15 is 0 Å². The summed E-state index contributed by atoms with van der Waals surface area (Å²) in [5.41, 5.74) is 0.358. The van der Waals surface area contributed by atoms with Crippen LogP contribution >= 0.6 is 11.8 Å². The smallest absolute Gasteiger partial charge is 0.367 e. The van der Waals surface area contributed by atoms with Gasteiger partial charge in [0.25, 0.3) is 5.69 Å². The van der Waals surface area contributed by atoms with Crippen LogP contribution in [0.4, 0.5) is 10.5 Å². The molecule has 0 unspecified atom stereocenters. The Kier molecular flexibility index (Phi) is 4.11. The summed E-state index contributed by atoms with van der Waals surface area (Å²) >= 11 is 0.927. The van der Waals surface area contributed by atoms with Crippen LogP contribution in [0, 0.1) is 10.1 Å². The molecule has 0 N–H and O–H groups in total. The number of rotatable bonds is 3. The summed E-state index contributed by atoms with van der Waals surface area (Å²) in [5.74, 6) is 0. The standard InChI is InChI=1S/C9H9NO4S/c1-15-9(11)14-6-7-4-2-3-5-8(7)10(12)13/h2-5H,6H2,1H3. The van der Waals surface area contributed by atoms with Crippen LogP contribution in [0.1, 0.15) is 5.56 Å². The van der Waals surface area contributed by atoms with Gasteiger partial charge in [0.15, 0.2) is 0 Å². The summed E-state index contributed by atoms with van der Waals surface area (Å²) in [6.07, 6.45) is 1.59. The largest absolute Gasteiger partial charge is 0.452 e. The molecule has 0 fully saturated rings. The quantitative estimate of drug-likeness (QED) is 0.451. The highest BCUT2D eigenvalue weighted by Crippen LogP contribution is 2.19. The van der Waals surface area contributed by atoms with Crippen molar-refractivity contribution < 1.29 is 14.5 Å². The number of para-hydroxylation sites is 1. The Morgan fingerprint density at radius 1 is 1.53 bits per heavy atom. The van der Waals surface area contributed by atoms with Crippen LogP contribution in [-0.4, -0.2) is 16.5 Å². The van der Waals surface area contributed by atoms with E-state index in [4.69, 9.17) is 4.74 Å². The highest BCUT2D eigenvalue weighted by atomic mass is 32.2. The van der Waals surface area contributed by atoms with Crippen LogP contribution in [0.15, 0.2) is 24.3 Å².